The monoisotopic (exact) mass is 388 g/mol. The SMILES string of the molecule is Cc1cccc(CN(C(=O)Nc2cccc(Cn3nc(C)cc3C)c2)C2CC2)c1. The number of hydrogen-bond acceptors (Lipinski definition) is 2. The molecule has 0 unspecified atom stereocenters. The number of aromatic nitrogens is 2. The summed E-state index contributed by atoms with van der Waals surface area (Å²) >= 11 is 0. The van der Waals surface area contributed by atoms with Crippen LogP contribution in [0.25, 0.3) is 0 Å². The maximum absolute atomic E-state index is 13.0. The molecule has 0 saturated heterocycles. The molecule has 150 valence electrons. The molecule has 0 atom stereocenters. The molecule has 2 amide bonds. The second kappa shape index (κ2) is 8.11. The van der Waals surface area contributed by atoms with Gasteiger partial charge in [-0.15, -0.1) is 0 Å². The highest BCUT2D eigenvalue weighted by molar-refractivity contribution is 5.89. The van der Waals surface area contributed by atoms with Gasteiger partial charge in [-0.1, -0.05) is 42.0 Å². The lowest BCUT2D eigenvalue weighted by Crippen LogP contribution is -2.36. The van der Waals surface area contributed by atoms with E-state index in [0.717, 1.165) is 35.5 Å². The molecule has 1 heterocycles. The van der Waals surface area contributed by atoms with E-state index in [2.05, 4.69) is 60.7 Å². The highest BCUT2D eigenvalue weighted by Gasteiger charge is 2.32. The Morgan fingerprint density at radius 1 is 1.07 bits per heavy atom. The van der Waals surface area contributed by atoms with Crippen LogP contribution in [-0.4, -0.2) is 26.8 Å². The van der Waals surface area contributed by atoms with Gasteiger partial charge < -0.3 is 10.2 Å². The second-order valence-corrected chi connectivity index (χ2v) is 8.06. The summed E-state index contributed by atoms with van der Waals surface area (Å²) in [7, 11) is 0. The summed E-state index contributed by atoms with van der Waals surface area (Å²) < 4.78 is 1.99. The highest BCUT2D eigenvalue weighted by Crippen LogP contribution is 2.29. The fourth-order valence-corrected chi connectivity index (χ4v) is 3.71. The number of nitrogens with zero attached hydrogens (tertiary/aromatic N) is 3. The van der Waals surface area contributed by atoms with Crippen LogP contribution in [0.1, 0.15) is 40.9 Å². The maximum atomic E-state index is 13.0. The van der Waals surface area contributed by atoms with Crippen molar-refractivity contribution in [2.75, 3.05) is 5.32 Å². The number of urea groups is 1. The molecule has 1 N–H and O–H groups in total. The standard InChI is InChI=1S/C24H28N4O/c1-17-6-4-7-20(12-17)15-27(23-10-11-23)24(29)25-22-9-5-8-21(14-22)16-28-19(3)13-18(2)26-28/h4-9,12-14,23H,10-11,15-16H2,1-3H3,(H,25,29). The molecule has 1 aliphatic carbocycles. The smallest absolute Gasteiger partial charge is 0.317 e. The van der Waals surface area contributed by atoms with Crippen LogP contribution in [0.3, 0.4) is 0 Å². The van der Waals surface area contributed by atoms with E-state index in [9.17, 15) is 4.79 Å². The van der Waals surface area contributed by atoms with Crippen molar-refractivity contribution >= 4 is 11.7 Å². The van der Waals surface area contributed by atoms with Crippen molar-refractivity contribution < 1.29 is 4.79 Å². The van der Waals surface area contributed by atoms with Crippen LogP contribution in [0.2, 0.25) is 0 Å². The van der Waals surface area contributed by atoms with Crippen molar-refractivity contribution in [3.05, 3.63) is 82.7 Å². The third-order valence-corrected chi connectivity index (χ3v) is 5.30. The molecule has 1 aromatic heterocycles. The van der Waals surface area contributed by atoms with E-state index in [4.69, 9.17) is 0 Å². The molecule has 0 bridgehead atoms. The first-order chi connectivity index (χ1) is 14.0. The van der Waals surface area contributed by atoms with Gasteiger partial charge >= 0.3 is 6.03 Å². The van der Waals surface area contributed by atoms with E-state index in [1.165, 1.54) is 11.1 Å². The van der Waals surface area contributed by atoms with E-state index in [-0.39, 0.29) is 6.03 Å². The van der Waals surface area contributed by atoms with Crippen LogP contribution in [0.15, 0.2) is 54.6 Å². The van der Waals surface area contributed by atoms with Gasteiger partial charge in [0.15, 0.2) is 0 Å². The van der Waals surface area contributed by atoms with Crippen LogP contribution in [-0.2, 0) is 13.1 Å². The van der Waals surface area contributed by atoms with Crippen LogP contribution < -0.4 is 5.32 Å². The van der Waals surface area contributed by atoms with Crippen molar-refractivity contribution in [2.45, 2.75) is 52.7 Å². The minimum absolute atomic E-state index is 0.0303. The van der Waals surface area contributed by atoms with E-state index in [1.54, 1.807) is 0 Å². The number of aryl methyl sites for hydroxylation is 3. The molecule has 0 radical (unpaired) electrons. The molecule has 5 heteroatoms. The number of carbonyl (C=O) groups is 1. The third kappa shape index (κ3) is 4.86. The number of benzene rings is 2. The summed E-state index contributed by atoms with van der Waals surface area (Å²) in [6.07, 6.45) is 2.16. The Morgan fingerprint density at radius 3 is 2.52 bits per heavy atom. The zero-order valence-electron chi connectivity index (χ0n) is 17.4. The van der Waals surface area contributed by atoms with Crippen LogP contribution >= 0.6 is 0 Å². The van der Waals surface area contributed by atoms with Gasteiger partial charge in [-0.2, -0.15) is 5.10 Å². The first kappa shape index (κ1) is 19.2. The summed E-state index contributed by atoms with van der Waals surface area (Å²) in [5, 5.41) is 7.63. The van der Waals surface area contributed by atoms with Gasteiger partial charge in [-0.25, -0.2) is 4.79 Å². The lowest BCUT2D eigenvalue weighted by atomic mass is 10.1. The van der Waals surface area contributed by atoms with Crippen LogP contribution in [0, 0.1) is 20.8 Å². The zero-order chi connectivity index (χ0) is 20.4. The summed E-state index contributed by atoms with van der Waals surface area (Å²) in [6, 6.07) is 18.8. The summed E-state index contributed by atoms with van der Waals surface area (Å²) in [5.74, 6) is 0. The molecule has 4 rings (SSSR count). The fourth-order valence-electron chi connectivity index (χ4n) is 3.71. The molecule has 1 saturated carbocycles. The predicted molar refractivity (Wildman–Crippen MR) is 116 cm³/mol. The minimum atomic E-state index is -0.0303. The Balaban J connectivity index is 1.46. The van der Waals surface area contributed by atoms with Crippen molar-refractivity contribution in [1.29, 1.82) is 0 Å². The maximum Gasteiger partial charge on any atom is 0.322 e. The number of amides is 2. The average Bonchev–Trinajstić information content (AvgIpc) is 3.46. The van der Waals surface area contributed by atoms with E-state index in [1.807, 2.05) is 34.7 Å². The Hall–Kier alpha value is -3.08. The molecule has 29 heavy (non-hydrogen) atoms. The lowest BCUT2D eigenvalue weighted by molar-refractivity contribution is 0.206. The Morgan fingerprint density at radius 2 is 1.83 bits per heavy atom. The van der Waals surface area contributed by atoms with Gasteiger partial charge in [0.25, 0.3) is 0 Å². The number of carbonyl (C=O) groups excluding carboxylic acids is 1. The molecule has 2 aromatic carbocycles. The number of rotatable bonds is 6. The van der Waals surface area contributed by atoms with Gasteiger partial charge in [-0.05, 0) is 62.9 Å². The molecule has 0 spiro atoms. The Labute approximate surface area is 172 Å². The normalized spacial score (nSPS) is 13.3. The van der Waals surface area contributed by atoms with Gasteiger partial charge in [0.2, 0.25) is 0 Å². The van der Waals surface area contributed by atoms with Crippen LogP contribution in [0.4, 0.5) is 10.5 Å². The van der Waals surface area contributed by atoms with Gasteiger partial charge in [0.05, 0.1) is 12.2 Å². The second-order valence-electron chi connectivity index (χ2n) is 8.06. The molecule has 5 nitrogen and oxygen atoms in total. The predicted octanol–water partition coefficient (Wildman–Crippen LogP) is 5.05. The first-order valence-electron chi connectivity index (χ1n) is 10.2. The van der Waals surface area contributed by atoms with Crippen molar-refractivity contribution in [2.24, 2.45) is 0 Å². The van der Waals surface area contributed by atoms with Crippen molar-refractivity contribution in [1.82, 2.24) is 14.7 Å². The first-order valence-corrected chi connectivity index (χ1v) is 10.2. The quantitative estimate of drug-likeness (QED) is 0.642. The summed E-state index contributed by atoms with van der Waals surface area (Å²) in [5.41, 5.74) is 6.48. The zero-order valence-corrected chi connectivity index (χ0v) is 17.4. The van der Waals surface area contributed by atoms with E-state index in [0.29, 0.717) is 19.1 Å². The molecule has 0 aliphatic heterocycles. The topological polar surface area (TPSA) is 50.2 Å². The largest absolute Gasteiger partial charge is 0.322 e. The molecular weight excluding hydrogens is 360 g/mol. The van der Waals surface area contributed by atoms with Gasteiger partial charge in [0, 0.05) is 24.0 Å². The molecule has 1 aliphatic rings. The van der Waals surface area contributed by atoms with Crippen molar-refractivity contribution in [3.8, 4) is 0 Å². The average molecular weight is 389 g/mol. The summed E-state index contributed by atoms with van der Waals surface area (Å²) in [4.78, 5) is 15.0. The number of hydrogen-bond donors (Lipinski definition) is 1. The fraction of sp³-hybridized carbons (Fsp3) is 0.333. The lowest BCUT2D eigenvalue weighted by Gasteiger charge is -2.23. The van der Waals surface area contributed by atoms with E-state index < -0.39 is 0 Å². The molecule has 1 fully saturated rings. The third-order valence-electron chi connectivity index (χ3n) is 5.30. The Kier molecular flexibility index (Phi) is 5.38. The van der Waals surface area contributed by atoms with Gasteiger partial charge in [0.1, 0.15) is 0 Å². The minimum Gasteiger partial charge on any atom is -0.317 e. The highest BCUT2D eigenvalue weighted by atomic mass is 16.2. The Bertz CT molecular complexity index is 1020. The van der Waals surface area contributed by atoms with Crippen molar-refractivity contribution in [3.63, 3.8) is 0 Å². The summed E-state index contributed by atoms with van der Waals surface area (Å²) in [6.45, 7) is 7.48. The van der Waals surface area contributed by atoms with E-state index >= 15 is 0 Å². The number of anilines is 1. The molecule has 3 aromatic rings. The number of nitrogens with one attached hydrogen (secondary N) is 1. The molecular formula is C24H28N4O. The van der Waals surface area contributed by atoms with Gasteiger partial charge in [-0.3, -0.25) is 4.68 Å². The van der Waals surface area contributed by atoms with Crippen LogP contribution in [0.5, 0.6) is 0 Å².